The van der Waals surface area contributed by atoms with Gasteiger partial charge in [-0.15, -0.1) is 0 Å². The van der Waals surface area contributed by atoms with Crippen LogP contribution in [0.2, 0.25) is 0 Å². The number of nitrogens with one attached hydrogen (secondary N) is 1. The summed E-state index contributed by atoms with van der Waals surface area (Å²) in [6.45, 7) is 6.08. The minimum atomic E-state index is 0.435. The molecule has 0 radical (unpaired) electrons. The molecule has 0 aromatic carbocycles. The summed E-state index contributed by atoms with van der Waals surface area (Å²) in [4.78, 5) is 9.70. The minimum absolute atomic E-state index is 0.435. The van der Waals surface area contributed by atoms with E-state index in [-0.39, 0.29) is 0 Å². The molecule has 0 aromatic rings. The Kier molecular flexibility index (Phi) is 6.18. The van der Waals surface area contributed by atoms with Crippen LogP contribution < -0.4 is 5.32 Å². The largest absolute Gasteiger partial charge is 0.468 e. The molecule has 0 amide bonds. The van der Waals surface area contributed by atoms with Crippen molar-refractivity contribution in [1.82, 2.24) is 5.32 Å². The Balaban J connectivity index is 3.04. The number of ether oxygens (including phenoxy) is 1. The Bertz CT molecular complexity index is 85.7. The molecule has 0 saturated heterocycles. The Morgan fingerprint density at radius 2 is 2.40 bits per heavy atom. The molecular formula is C7H15NO2. The first-order valence-electron chi connectivity index (χ1n) is 3.60. The molecule has 1 unspecified atom stereocenters. The van der Waals surface area contributed by atoms with Crippen molar-refractivity contribution in [2.24, 2.45) is 0 Å². The second-order valence-electron chi connectivity index (χ2n) is 2.21. The standard InChI is InChI=1S/C7H15NO2/c1-3-8-7(2)4-5-10-6-9/h6-8H,3-5H2,1-2H3. The van der Waals surface area contributed by atoms with Crippen molar-refractivity contribution in [3.8, 4) is 0 Å². The normalized spacial score (nSPS) is 12.6. The van der Waals surface area contributed by atoms with E-state index in [1.54, 1.807) is 0 Å². The number of carbonyl (C=O) groups is 1. The zero-order chi connectivity index (χ0) is 7.82. The van der Waals surface area contributed by atoms with Crippen molar-refractivity contribution < 1.29 is 9.53 Å². The van der Waals surface area contributed by atoms with Crippen LogP contribution in [0.25, 0.3) is 0 Å². The van der Waals surface area contributed by atoms with Crippen LogP contribution in [0, 0.1) is 0 Å². The van der Waals surface area contributed by atoms with Gasteiger partial charge in [-0.2, -0.15) is 0 Å². The molecule has 0 aliphatic heterocycles. The van der Waals surface area contributed by atoms with E-state index in [4.69, 9.17) is 0 Å². The molecule has 0 spiro atoms. The molecule has 1 N–H and O–H groups in total. The molecule has 60 valence electrons. The summed E-state index contributed by atoms with van der Waals surface area (Å²) in [5, 5.41) is 3.21. The van der Waals surface area contributed by atoms with Crippen molar-refractivity contribution in [2.45, 2.75) is 26.3 Å². The summed E-state index contributed by atoms with van der Waals surface area (Å²) in [7, 11) is 0. The highest BCUT2D eigenvalue weighted by atomic mass is 16.5. The number of carbonyl (C=O) groups excluding carboxylic acids is 1. The number of hydrogen-bond donors (Lipinski definition) is 1. The number of hydrogen-bond acceptors (Lipinski definition) is 3. The van der Waals surface area contributed by atoms with Gasteiger partial charge in [-0.25, -0.2) is 0 Å². The SMILES string of the molecule is CCNC(C)CCOC=O. The average molecular weight is 145 g/mol. The van der Waals surface area contributed by atoms with E-state index in [0.29, 0.717) is 19.1 Å². The molecule has 0 heterocycles. The van der Waals surface area contributed by atoms with Crippen LogP contribution in [0.5, 0.6) is 0 Å². The summed E-state index contributed by atoms with van der Waals surface area (Å²) in [6.07, 6.45) is 0.882. The fourth-order valence-corrected chi connectivity index (χ4v) is 0.743. The third-order valence-electron chi connectivity index (χ3n) is 1.29. The summed E-state index contributed by atoms with van der Waals surface area (Å²) >= 11 is 0. The Hall–Kier alpha value is -0.570. The van der Waals surface area contributed by atoms with E-state index < -0.39 is 0 Å². The highest BCUT2D eigenvalue weighted by Gasteiger charge is 1.97. The van der Waals surface area contributed by atoms with Gasteiger partial charge in [0.2, 0.25) is 0 Å². The van der Waals surface area contributed by atoms with Crippen LogP contribution in [0.1, 0.15) is 20.3 Å². The summed E-state index contributed by atoms with van der Waals surface area (Å²) in [5.74, 6) is 0. The monoisotopic (exact) mass is 145 g/mol. The highest BCUT2D eigenvalue weighted by molar-refractivity contribution is 5.36. The molecule has 0 fully saturated rings. The molecular weight excluding hydrogens is 130 g/mol. The van der Waals surface area contributed by atoms with Crippen molar-refractivity contribution in [3.05, 3.63) is 0 Å². The van der Waals surface area contributed by atoms with Gasteiger partial charge in [0.25, 0.3) is 6.47 Å². The van der Waals surface area contributed by atoms with Gasteiger partial charge >= 0.3 is 0 Å². The van der Waals surface area contributed by atoms with Gasteiger partial charge in [0.05, 0.1) is 6.61 Å². The van der Waals surface area contributed by atoms with Crippen LogP contribution >= 0.6 is 0 Å². The Morgan fingerprint density at radius 1 is 1.70 bits per heavy atom. The fraction of sp³-hybridized carbons (Fsp3) is 0.857. The first-order valence-corrected chi connectivity index (χ1v) is 3.60. The second-order valence-corrected chi connectivity index (χ2v) is 2.21. The predicted molar refractivity (Wildman–Crippen MR) is 39.8 cm³/mol. The fourth-order valence-electron chi connectivity index (χ4n) is 0.743. The van der Waals surface area contributed by atoms with Gasteiger partial charge < -0.3 is 10.1 Å². The van der Waals surface area contributed by atoms with Crippen molar-refractivity contribution in [3.63, 3.8) is 0 Å². The lowest BCUT2D eigenvalue weighted by molar-refractivity contribution is -0.128. The van der Waals surface area contributed by atoms with Crippen molar-refractivity contribution in [1.29, 1.82) is 0 Å². The molecule has 0 saturated carbocycles. The lowest BCUT2D eigenvalue weighted by Crippen LogP contribution is -2.26. The maximum atomic E-state index is 9.70. The zero-order valence-corrected chi connectivity index (χ0v) is 6.59. The smallest absolute Gasteiger partial charge is 0.293 e. The molecule has 3 heteroatoms. The van der Waals surface area contributed by atoms with E-state index in [9.17, 15) is 4.79 Å². The molecule has 0 aromatic heterocycles. The van der Waals surface area contributed by atoms with Gasteiger partial charge in [0, 0.05) is 6.04 Å². The lowest BCUT2D eigenvalue weighted by atomic mass is 10.2. The maximum absolute atomic E-state index is 9.70. The van der Waals surface area contributed by atoms with E-state index in [1.165, 1.54) is 0 Å². The van der Waals surface area contributed by atoms with Gasteiger partial charge in [-0.3, -0.25) is 4.79 Å². The van der Waals surface area contributed by atoms with E-state index in [1.807, 2.05) is 0 Å². The Morgan fingerprint density at radius 3 is 2.90 bits per heavy atom. The topological polar surface area (TPSA) is 38.3 Å². The Labute approximate surface area is 61.8 Å². The van der Waals surface area contributed by atoms with Crippen LogP contribution in [0.15, 0.2) is 0 Å². The third-order valence-corrected chi connectivity index (χ3v) is 1.29. The molecule has 0 aliphatic carbocycles. The zero-order valence-electron chi connectivity index (χ0n) is 6.59. The first kappa shape index (κ1) is 9.43. The molecule has 1 atom stereocenters. The second kappa shape index (κ2) is 6.55. The third kappa shape index (κ3) is 5.56. The van der Waals surface area contributed by atoms with Crippen molar-refractivity contribution in [2.75, 3.05) is 13.2 Å². The molecule has 0 rings (SSSR count). The van der Waals surface area contributed by atoms with E-state index in [0.717, 1.165) is 13.0 Å². The summed E-state index contributed by atoms with van der Waals surface area (Å²) in [5.41, 5.74) is 0. The van der Waals surface area contributed by atoms with Gasteiger partial charge in [-0.05, 0) is 19.9 Å². The van der Waals surface area contributed by atoms with Gasteiger partial charge in [0.15, 0.2) is 0 Å². The van der Waals surface area contributed by atoms with Crippen LogP contribution in [-0.2, 0) is 9.53 Å². The molecule has 0 aliphatic rings. The quantitative estimate of drug-likeness (QED) is 0.438. The van der Waals surface area contributed by atoms with Gasteiger partial charge in [0.1, 0.15) is 0 Å². The predicted octanol–water partition coefficient (Wildman–Crippen LogP) is 0.547. The van der Waals surface area contributed by atoms with Crippen LogP contribution in [0.3, 0.4) is 0 Å². The lowest BCUT2D eigenvalue weighted by Gasteiger charge is -2.09. The van der Waals surface area contributed by atoms with Crippen LogP contribution in [0.4, 0.5) is 0 Å². The maximum Gasteiger partial charge on any atom is 0.293 e. The highest BCUT2D eigenvalue weighted by Crippen LogP contribution is 1.88. The first-order chi connectivity index (χ1) is 4.81. The average Bonchev–Trinajstić information content (AvgIpc) is 1.89. The summed E-state index contributed by atoms with van der Waals surface area (Å²) < 4.78 is 4.53. The molecule has 10 heavy (non-hydrogen) atoms. The van der Waals surface area contributed by atoms with E-state index >= 15 is 0 Å². The molecule has 0 bridgehead atoms. The van der Waals surface area contributed by atoms with Gasteiger partial charge in [-0.1, -0.05) is 6.92 Å². The number of rotatable bonds is 6. The molecule has 3 nitrogen and oxygen atoms in total. The van der Waals surface area contributed by atoms with Crippen molar-refractivity contribution >= 4 is 6.47 Å². The summed E-state index contributed by atoms with van der Waals surface area (Å²) in [6, 6.07) is 0.435. The minimum Gasteiger partial charge on any atom is -0.468 e. The van der Waals surface area contributed by atoms with E-state index in [2.05, 4.69) is 23.9 Å². The van der Waals surface area contributed by atoms with Crippen LogP contribution in [-0.4, -0.2) is 25.7 Å².